The Morgan fingerprint density at radius 1 is 1.36 bits per heavy atom. The maximum absolute atomic E-state index is 5.88. The van der Waals surface area contributed by atoms with Crippen molar-refractivity contribution in [3.63, 3.8) is 0 Å². The molecular weight excluding hydrogens is 198 g/mol. The van der Waals surface area contributed by atoms with Gasteiger partial charge in [0.2, 0.25) is 0 Å². The summed E-state index contributed by atoms with van der Waals surface area (Å²) in [5, 5.41) is 0.549. The van der Waals surface area contributed by atoms with Crippen molar-refractivity contribution in [2.45, 2.75) is 32.8 Å². The van der Waals surface area contributed by atoms with Gasteiger partial charge in [0.05, 0.1) is 16.8 Å². The average Bonchev–Trinajstić information content (AvgIpc) is 2.19. The quantitative estimate of drug-likeness (QED) is 0.778. The molecule has 0 bridgehead atoms. The predicted octanol–water partition coefficient (Wildman–Crippen LogP) is 3.49. The summed E-state index contributed by atoms with van der Waals surface area (Å²) >= 11 is 5.88. The zero-order valence-corrected chi connectivity index (χ0v) is 9.34. The van der Waals surface area contributed by atoms with Gasteiger partial charge in [-0.15, -0.1) is 0 Å². The van der Waals surface area contributed by atoms with Crippen LogP contribution in [-0.2, 0) is 0 Å². The standard InChI is InChI=1S/C11H16ClNO/c1-3-8(4-2)14-9-5-6-11(13)10(12)7-9/h5-8H,3-4,13H2,1-2H3. The first kappa shape index (κ1) is 11.2. The number of benzene rings is 1. The Bertz CT molecular complexity index is 297. The zero-order valence-electron chi connectivity index (χ0n) is 8.59. The molecule has 0 heterocycles. The number of hydrogen-bond donors (Lipinski definition) is 1. The van der Waals surface area contributed by atoms with E-state index in [9.17, 15) is 0 Å². The maximum Gasteiger partial charge on any atom is 0.121 e. The molecule has 0 fully saturated rings. The summed E-state index contributed by atoms with van der Waals surface area (Å²) in [5.74, 6) is 0.790. The maximum atomic E-state index is 5.88. The molecule has 14 heavy (non-hydrogen) atoms. The van der Waals surface area contributed by atoms with Crippen LogP contribution in [0.5, 0.6) is 5.75 Å². The Labute approximate surface area is 90.0 Å². The van der Waals surface area contributed by atoms with Crippen LogP contribution in [0.15, 0.2) is 18.2 Å². The number of halogens is 1. The zero-order chi connectivity index (χ0) is 10.6. The molecule has 1 aromatic carbocycles. The molecule has 0 spiro atoms. The molecule has 3 heteroatoms. The Balaban J connectivity index is 2.72. The van der Waals surface area contributed by atoms with Crippen molar-refractivity contribution in [1.29, 1.82) is 0 Å². The highest BCUT2D eigenvalue weighted by molar-refractivity contribution is 6.33. The van der Waals surface area contributed by atoms with Gasteiger partial charge in [0.15, 0.2) is 0 Å². The Morgan fingerprint density at radius 2 is 2.00 bits per heavy atom. The fourth-order valence-electron chi connectivity index (χ4n) is 1.23. The van der Waals surface area contributed by atoms with E-state index in [1.807, 2.05) is 6.07 Å². The topological polar surface area (TPSA) is 35.2 Å². The lowest BCUT2D eigenvalue weighted by Gasteiger charge is -2.15. The second-order valence-corrected chi connectivity index (χ2v) is 3.65. The van der Waals surface area contributed by atoms with Gasteiger partial charge in [0.25, 0.3) is 0 Å². The minimum Gasteiger partial charge on any atom is -0.490 e. The largest absolute Gasteiger partial charge is 0.490 e. The third-order valence-corrected chi connectivity index (χ3v) is 2.51. The van der Waals surface area contributed by atoms with Crippen molar-refractivity contribution < 1.29 is 4.74 Å². The lowest BCUT2D eigenvalue weighted by Crippen LogP contribution is -2.13. The van der Waals surface area contributed by atoms with Crippen molar-refractivity contribution in [3.8, 4) is 5.75 Å². The molecule has 1 rings (SSSR count). The van der Waals surface area contributed by atoms with E-state index in [0.29, 0.717) is 10.7 Å². The molecule has 78 valence electrons. The van der Waals surface area contributed by atoms with Gasteiger partial charge in [-0.05, 0) is 25.0 Å². The lowest BCUT2D eigenvalue weighted by molar-refractivity contribution is 0.193. The molecule has 0 amide bonds. The number of rotatable bonds is 4. The molecule has 2 nitrogen and oxygen atoms in total. The van der Waals surface area contributed by atoms with Gasteiger partial charge in [0.1, 0.15) is 5.75 Å². The Kier molecular flexibility index (Phi) is 4.08. The van der Waals surface area contributed by atoms with Gasteiger partial charge in [-0.1, -0.05) is 25.4 Å². The number of hydrogen-bond acceptors (Lipinski definition) is 2. The first-order chi connectivity index (χ1) is 6.67. The van der Waals surface area contributed by atoms with Crippen LogP contribution in [0, 0.1) is 0 Å². The van der Waals surface area contributed by atoms with Crippen LogP contribution in [0.4, 0.5) is 5.69 Å². The van der Waals surface area contributed by atoms with E-state index >= 15 is 0 Å². The van der Waals surface area contributed by atoms with Crippen molar-refractivity contribution in [3.05, 3.63) is 23.2 Å². The van der Waals surface area contributed by atoms with E-state index in [-0.39, 0.29) is 6.10 Å². The molecule has 2 N–H and O–H groups in total. The molecule has 0 atom stereocenters. The number of anilines is 1. The number of ether oxygens (including phenoxy) is 1. The molecule has 0 aromatic heterocycles. The van der Waals surface area contributed by atoms with Crippen LogP contribution in [0.2, 0.25) is 5.02 Å². The van der Waals surface area contributed by atoms with Crippen LogP contribution < -0.4 is 10.5 Å². The van der Waals surface area contributed by atoms with Gasteiger partial charge in [-0.25, -0.2) is 0 Å². The summed E-state index contributed by atoms with van der Waals surface area (Å²) in [6, 6.07) is 5.37. The molecule has 1 aromatic rings. The SMILES string of the molecule is CCC(CC)Oc1ccc(N)c(Cl)c1. The van der Waals surface area contributed by atoms with Gasteiger partial charge < -0.3 is 10.5 Å². The van der Waals surface area contributed by atoms with Crippen LogP contribution in [0.3, 0.4) is 0 Å². The Morgan fingerprint density at radius 3 is 2.50 bits per heavy atom. The first-order valence-electron chi connectivity index (χ1n) is 4.89. The number of nitrogen functional groups attached to an aromatic ring is 1. The van der Waals surface area contributed by atoms with Crippen LogP contribution >= 0.6 is 11.6 Å². The van der Waals surface area contributed by atoms with E-state index < -0.39 is 0 Å². The van der Waals surface area contributed by atoms with Crippen molar-refractivity contribution in [1.82, 2.24) is 0 Å². The fourth-order valence-corrected chi connectivity index (χ4v) is 1.40. The molecule has 0 saturated heterocycles. The molecule has 0 aliphatic rings. The smallest absolute Gasteiger partial charge is 0.121 e. The van der Waals surface area contributed by atoms with E-state index in [4.69, 9.17) is 22.1 Å². The third kappa shape index (κ3) is 2.81. The highest BCUT2D eigenvalue weighted by Crippen LogP contribution is 2.25. The summed E-state index contributed by atoms with van der Waals surface area (Å²) in [6.45, 7) is 4.21. The van der Waals surface area contributed by atoms with Gasteiger partial charge in [-0.3, -0.25) is 0 Å². The molecule has 0 unspecified atom stereocenters. The molecule has 0 saturated carbocycles. The second kappa shape index (κ2) is 5.11. The molecule has 0 aliphatic carbocycles. The van der Waals surface area contributed by atoms with Crippen molar-refractivity contribution in [2.24, 2.45) is 0 Å². The van der Waals surface area contributed by atoms with Crippen LogP contribution in [0.1, 0.15) is 26.7 Å². The second-order valence-electron chi connectivity index (χ2n) is 3.24. The lowest BCUT2D eigenvalue weighted by atomic mass is 10.2. The summed E-state index contributed by atoms with van der Waals surface area (Å²) in [7, 11) is 0. The monoisotopic (exact) mass is 213 g/mol. The summed E-state index contributed by atoms with van der Waals surface area (Å²) in [5.41, 5.74) is 6.18. The third-order valence-electron chi connectivity index (χ3n) is 2.19. The van der Waals surface area contributed by atoms with Gasteiger partial charge in [-0.2, -0.15) is 0 Å². The van der Waals surface area contributed by atoms with E-state index in [0.717, 1.165) is 18.6 Å². The van der Waals surface area contributed by atoms with Gasteiger partial charge >= 0.3 is 0 Å². The summed E-state index contributed by atoms with van der Waals surface area (Å²) in [4.78, 5) is 0. The van der Waals surface area contributed by atoms with E-state index in [1.54, 1.807) is 12.1 Å². The van der Waals surface area contributed by atoms with Crippen molar-refractivity contribution >= 4 is 17.3 Å². The minimum absolute atomic E-state index is 0.259. The van der Waals surface area contributed by atoms with E-state index in [2.05, 4.69) is 13.8 Å². The summed E-state index contributed by atoms with van der Waals surface area (Å²) < 4.78 is 5.71. The fraction of sp³-hybridized carbons (Fsp3) is 0.455. The first-order valence-corrected chi connectivity index (χ1v) is 5.26. The highest BCUT2D eigenvalue weighted by atomic mass is 35.5. The normalized spacial score (nSPS) is 10.6. The minimum atomic E-state index is 0.259. The predicted molar refractivity (Wildman–Crippen MR) is 60.9 cm³/mol. The molecule has 0 aliphatic heterocycles. The molecule has 0 radical (unpaired) electrons. The van der Waals surface area contributed by atoms with Crippen molar-refractivity contribution in [2.75, 3.05) is 5.73 Å². The van der Waals surface area contributed by atoms with Gasteiger partial charge in [0, 0.05) is 6.07 Å². The average molecular weight is 214 g/mol. The van der Waals surface area contributed by atoms with E-state index in [1.165, 1.54) is 0 Å². The number of nitrogens with two attached hydrogens (primary N) is 1. The van der Waals surface area contributed by atoms with Crippen LogP contribution in [-0.4, -0.2) is 6.10 Å². The Hall–Kier alpha value is -0.890. The summed E-state index contributed by atoms with van der Waals surface area (Å²) in [6.07, 6.45) is 2.26. The molecular formula is C11H16ClNO. The van der Waals surface area contributed by atoms with Crippen LogP contribution in [0.25, 0.3) is 0 Å². The highest BCUT2D eigenvalue weighted by Gasteiger charge is 2.06.